The lowest BCUT2D eigenvalue weighted by atomic mass is 10.1. The number of hydrogen-bond acceptors (Lipinski definition) is 6. The summed E-state index contributed by atoms with van der Waals surface area (Å²) in [4.78, 5) is 19.6. The second kappa shape index (κ2) is 7.74. The van der Waals surface area contributed by atoms with E-state index in [1.54, 1.807) is 57.7 Å². The van der Waals surface area contributed by atoms with Crippen molar-refractivity contribution in [2.75, 3.05) is 21.3 Å². The van der Waals surface area contributed by atoms with Crippen molar-refractivity contribution in [3.63, 3.8) is 0 Å². The van der Waals surface area contributed by atoms with Crippen LogP contribution in [0.1, 0.15) is 10.4 Å². The number of carboxylic acid groups (broad SMARTS) is 1. The molecule has 27 heavy (non-hydrogen) atoms. The van der Waals surface area contributed by atoms with Crippen LogP contribution in [0.4, 0.5) is 0 Å². The highest BCUT2D eigenvalue weighted by atomic mass is 16.5. The molecule has 1 aromatic heterocycles. The van der Waals surface area contributed by atoms with Crippen LogP contribution in [0.5, 0.6) is 17.2 Å². The van der Waals surface area contributed by atoms with Crippen LogP contribution < -0.4 is 14.2 Å². The van der Waals surface area contributed by atoms with Gasteiger partial charge in [-0.1, -0.05) is 12.1 Å². The minimum atomic E-state index is -0.970. The molecule has 3 rings (SSSR count). The summed E-state index contributed by atoms with van der Waals surface area (Å²) in [6, 6.07) is 11.9. The van der Waals surface area contributed by atoms with Crippen molar-refractivity contribution in [2.24, 2.45) is 0 Å². The van der Waals surface area contributed by atoms with Gasteiger partial charge in [0.25, 0.3) is 0 Å². The molecule has 0 unspecified atom stereocenters. The third-order valence-corrected chi connectivity index (χ3v) is 4.06. The van der Waals surface area contributed by atoms with Gasteiger partial charge in [0, 0.05) is 11.1 Å². The Morgan fingerprint density at radius 2 is 1.37 bits per heavy atom. The standard InChI is InChI=1S/C20H18N2O5/c1-25-17-8-14(9-18(26-2)19(17)27-3)16-10-15(21-11-22-16)12-4-6-13(7-5-12)20(23)24/h4-11H,1-3H3,(H,23,24). The number of methoxy groups -OCH3 is 3. The van der Waals surface area contributed by atoms with E-state index in [1.165, 1.54) is 6.33 Å². The number of carboxylic acids is 1. The molecule has 0 aliphatic heterocycles. The molecule has 2 aromatic carbocycles. The number of nitrogens with zero attached hydrogens (tertiary/aromatic N) is 2. The Bertz CT molecular complexity index is 945. The molecule has 0 amide bonds. The number of aromatic carboxylic acids is 1. The highest BCUT2D eigenvalue weighted by Crippen LogP contribution is 2.41. The van der Waals surface area contributed by atoms with E-state index in [0.29, 0.717) is 28.6 Å². The van der Waals surface area contributed by atoms with Crippen LogP contribution in [-0.2, 0) is 0 Å². The number of benzene rings is 2. The zero-order valence-electron chi connectivity index (χ0n) is 15.1. The van der Waals surface area contributed by atoms with E-state index in [0.717, 1.165) is 11.1 Å². The smallest absolute Gasteiger partial charge is 0.335 e. The van der Waals surface area contributed by atoms with Crippen molar-refractivity contribution in [3.8, 4) is 39.8 Å². The van der Waals surface area contributed by atoms with Crippen molar-refractivity contribution in [1.29, 1.82) is 0 Å². The highest BCUT2D eigenvalue weighted by molar-refractivity contribution is 5.88. The fourth-order valence-electron chi connectivity index (χ4n) is 2.69. The molecule has 7 nitrogen and oxygen atoms in total. The quantitative estimate of drug-likeness (QED) is 0.713. The van der Waals surface area contributed by atoms with E-state index in [9.17, 15) is 4.79 Å². The van der Waals surface area contributed by atoms with Crippen LogP contribution in [-0.4, -0.2) is 42.4 Å². The van der Waals surface area contributed by atoms with Gasteiger partial charge in [-0.05, 0) is 30.3 Å². The Morgan fingerprint density at radius 3 is 1.85 bits per heavy atom. The summed E-state index contributed by atoms with van der Waals surface area (Å²) >= 11 is 0. The minimum Gasteiger partial charge on any atom is -0.493 e. The molecule has 0 radical (unpaired) electrons. The van der Waals surface area contributed by atoms with Gasteiger partial charge in [-0.15, -0.1) is 0 Å². The zero-order valence-corrected chi connectivity index (χ0v) is 15.1. The van der Waals surface area contributed by atoms with Crippen LogP contribution >= 0.6 is 0 Å². The van der Waals surface area contributed by atoms with Crippen molar-refractivity contribution < 1.29 is 24.1 Å². The number of rotatable bonds is 6. The number of hydrogen-bond donors (Lipinski definition) is 1. The van der Waals surface area contributed by atoms with Crippen molar-refractivity contribution in [3.05, 3.63) is 54.4 Å². The van der Waals surface area contributed by atoms with Crippen molar-refractivity contribution in [1.82, 2.24) is 9.97 Å². The van der Waals surface area contributed by atoms with Gasteiger partial charge in [0.05, 0.1) is 38.3 Å². The molecule has 0 aliphatic carbocycles. The molecule has 7 heteroatoms. The first-order chi connectivity index (χ1) is 13.1. The Balaban J connectivity index is 2.04. The Labute approximate surface area is 156 Å². The molecule has 0 saturated heterocycles. The Kier molecular flexibility index (Phi) is 5.21. The van der Waals surface area contributed by atoms with E-state index >= 15 is 0 Å². The molecule has 1 N–H and O–H groups in total. The van der Waals surface area contributed by atoms with Gasteiger partial charge >= 0.3 is 5.97 Å². The van der Waals surface area contributed by atoms with Crippen LogP contribution in [0, 0.1) is 0 Å². The SMILES string of the molecule is COc1cc(-c2cc(-c3ccc(C(=O)O)cc3)ncn2)cc(OC)c1OC. The van der Waals surface area contributed by atoms with E-state index in [2.05, 4.69) is 9.97 Å². The summed E-state index contributed by atoms with van der Waals surface area (Å²) in [5.74, 6) is 0.584. The Hall–Kier alpha value is -3.61. The zero-order chi connectivity index (χ0) is 19.4. The van der Waals surface area contributed by atoms with Gasteiger partial charge in [-0.2, -0.15) is 0 Å². The summed E-state index contributed by atoms with van der Waals surface area (Å²) < 4.78 is 16.1. The van der Waals surface area contributed by atoms with Crippen LogP contribution in [0.15, 0.2) is 48.8 Å². The first kappa shape index (κ1) is 18.2. The van der Waals surface area contributed by atoms with E-state index < -0.39 is 5.97 Å². The molecule has 1 heterocycles. The third kappa shape index (κ3) is 3.67. The maximum absolute atomic E-state index is 11.0. The molecule has 3 aromatic rings. The molecule has 138 valence electrons. The summed E-state index contributed by atoms with van der Waals surface area (Å²) in [5.41, 5.74) is 3.12. The molecule has 0 fully saturated rings. The highest BCUT2D eigenvalue weighted by Gasteiger charge is 2.15. The number of ether oxygens (including phenoxy) is 3. The Morgan fingerprint density at radius 1 is 0.815 bits per heavy atom. The summed E-state index contributed by atoms with van der Waals surface area (Å²) in [6.45, 7) is 0. The average molecular weight is 366 g/mol. The molecule has 0 saturated carbocycles. The molecule has 0 spiro atoms. The van der Waals surface area contributed by atoms with Gasteiger partial charge in [-0.3, -0.25) is 0 Å². The molecular weight excluding hydrogens is 348 g/mol. The first-order valence-corrected chi connectivity index (χ1v) is 8.03. The first-order valence-electron chi connectivity index (χ1n) is 8.03. The van der Waals surface area contributed by atoms with Crippen LogP contribution in [0.25, 0.3) is 22.5 Å². The lowest BCUT2D eigenvalue weighted by Gasteiger charge is -2.14. The predicted molar refractivity (Wildman–Crippen MR) is 99.5 cm³/mol. The maximum Gasteiger partial charge on any atom is 0.335 e. The van der Waals surface area contributed by atoms with Gasteiger partial charge in [0.2, 0.25) is 5.75 Å². The third-order valence-electron chi connectivity index (χ3n) is 4.06. The summed E-state index contributed by atoms with van der Waals surface area (Å²) in [5, 5.41) is 9.02. The number of aromatic nitrogens is 2. The predicted octanol–water partition coefficient (Wildman–Crippen LogP) is 3.53. The monoisotopic (exact) mass is 366 g/mol. The fourth-order valence-corrected chi connectivity index (χ4v) is 2.69. The second-order valence-corrected chi connectivity index (χ2v) is 5.59. The van der Waals surface area contributed by atoms with Gasteiger partial charge in [0.15, 0.2) is 11.5 Å². The average Bonchev–Trinajstić information content (AvgIpc) is 2.72. The maximum atomic E-state index is 11.0. The normalized spacial score (nSPS) is 10.3. The summed E-state index contributed by atoms with van der Waals surface area (Å²) in [6.07, 6.45) is 1.46. The molecule has 0 atom stereocenters. The van der Waals surface area contributed by atoms with Gasteiger partial charge in [0.1, 0.15) is 6.33 Å². The topological polar surface area (TPSA) is 90.8 Å². The number of carbonyl (C=O) groups is 1. The molecular formula is C20H18N2O5. The lowest BCUT2D eigenvalue weighted by molar-refractivity contribution is 0.0697. The molecule has 0 bridgehead atoms. The van der Waals surface area contributed by atoms with Gasteiger partial charge < -0.3 is 19.3 Å². The van der Waals surface area contributed by atoms with Crippen molar-refractivity contribution in [2.45, 2.75) is 0 Å². The lowest BCUT2D eigenvalue weighted by Crippen LogP contribution is -1.97. The minimum absolute atomic E-state index is 0.220. The van der Waals surface area contributed by atoms with E-state index in [-0.39, 0.29) is 5.56 Å². The van der Waals surface area contributed by atoms with Gasteiger partial charge in [-0.25, -0.2) is 14.8 Å². The van der Waals surface area contributed by atoms with Crippen LogP contribution in [0.2, 0.25) is 0 Å². The second-order valence-electron chi connectivity index (χ2n) is 5.59. The van der Waals surface area contributed by atoms with E-state index in [1.807, 2.05) is 6.07 Å². The largest absolute Gasteiger partial charge is 0.493 e. The fraction of sp³-hybridized carbons (Fsp3) is 0.150. The van der Waals surface area contributed by atoms with E-state index in [4.69, 9.17) is 19.3 Å². The van der Waals surface area contributed by atoms with Crippen LogP contribution in [0.3, 0.4) is 0 Å². The summed E-state index contributed by atoms with van der Waals surface area (Å²) in [7, 11) is 4.65. The molecule has 0 aliphatic rings. The van der Waals surface area contributed by atoms with Crippen molar-refractivity contribution >= 4 is 5.97 Å².